The third kappa shape index (κ3) is 7.21. The van der Waals surface area contributed by atoms with Gasteiger partial charge in [-0.2, -0.15) is 0 Å². The summed E-state index contributed by atoms with van der Waals surface area (Å²) in [6.45, 7) is 11.7. The summed E-state index contributed by atoms with van der Waals surface area (Å²) in [6, 6.07) is 11.0. The molecule has 1 fully saturated rings. The van der Waals surface area contributed by atoms with E-state index in [4.69, 9.17) is 4.74 Å². The Bertz CT molecular complexity index is 1420. The van der Waals surface area contributed by atoms with E-state index in [0.717, 1.165) is 72.3 Å². The van der Waals surface area contributed by atoms with Gasteiger partial charge >= 0.3 is 0 Å². The molecule has 0 aliphatic heterocycles. The van der Waals surface area contributed by atoms with Gasteiger partial charge in [0.25, 0.3) is 11.5 Å². The Kier molecular flexibility index (Phi) is 10.4. The van der Waals surface area contributed by atoms with Crippen molar-refractivity contribution in [3.63, 3.8) is 0 Å². The van der Waals surface area contributed by atoms with Gasteiger partial charge in [-0.05, 0) is 115 Å². The lowest BCUT2D eigenvalue weighted by Crippen LogP contribution is -2.42. The van der Waals surface area contributed by atoms with Crippen LogP contribution >= 0.6 is 0 Å². The highest BCUT2D eigenvalue weighted by molar-refractivity contribution is 5.99. The average Bonchev–Trinajstić information content (AvgIpc) is 2.97. The Morgan fingerprint density at radius 3 is 2.33 bits per heavy atom. The Hall–Kier alpha value is -3.65. The minimum atomic E-state index is -0.196. The number of amides is 1. The number of aromatic amines is 1. The number of benzene rings is 1. The third-order valence-corrected chi connectivity index (χ3v) is 8.56. The SMILES string of the molecule is CCCOc1ccc(-c2cc(C(=O)NCc3c(C)cc(C)[nH]c3=O)c(C)c(N(CC)[C@H]3CC[C@H](N(C)C)CC3)c2)cn1. The van der Waals surface area contributed by atoms with Crippen molar-refractivity contribution in [1.29, 1.82) is 0 Å². The number of anilines is 1. The summed E-state index contributed by atoms with van der Waals surface area (Å²) in [7, 11) is 4.33. The van der Waals surface area contributed by atoms with E-state index in [-0.39, 0.29) is 18.0 Å². The number of H-pyrrole nitrogens is 1. The molecule has 8 heteroatoms. The summed E-state index contributed by atoms with van der Waals surface area (Å²) in [5, 5.41) is 3.03. The highest BCUT2D eigenvalue weighted by atomic mass is 16.5. The highest BCUT2D eigenvalue weighted by Gasteiger charge is 2.28. The standard InChI is InChI=1S/C34H47N5O3/c1-8-16-42-32-15-10-25(20-35-32)26-18-29(33(40)36-21-30-22(3)17-23(4)37-34(30)41)24(5)31(19-26)39(9-2)28-13-11-27(12-14-28)38(6)7/h10,15,17-20,27-28H,8-9,11-14,16,21H2,1-7H3,(H,36,40)(H,37,41)/t27-,28-. The monoisotopic (exact) mass is 573 g/mol. The van der Waals surface area contributed by atoms with Crippen molar-refractivity contribution in [3.8, 4) is 17.0 Å². The maximum atomic E-state index is 13.8. The second-order valence-electron chi connectivity index (χ2n) is 11.7. The Morgan fingerprint density at radius 1 is 1.02 bits per heavy atom. The number of pyridine rings is 2. The molecule has 0 bridgehead atoms. The van der Waals surface area contributed by atoms with Crippen molar-refractivity contribution in [2.24, 2.45) is 0 Å². The maximum absolute atomic E-state index is 13.8. The van der Waals surface area contributed by atoms with Crippen molar-refractivity contribution >= 4 is 11.6 Å². The van der Waals surface area contributed by atoms with Crippen LogP contribution in [0.25, 0.3) is 11.1 Å². The highest BCUT2D eigenvalue weighted by Crippen LogP contribution is 2.35. The summed E-state index contributed by atoms with van der Waals surface area (Å²) in [4.78, 5) is 38.5. The number of nitrogens with zero attached hydrogens (tertiary/aromatic N) is 3. The molecule has 0 spiro atoms. The third-order valence-electron chi connectivity index (χ3n) is 8.56. The zero-order valence-electron chi connectivity index (χ0n) is 26.3. The minimum Gasteiger partial charge on any atom is -0.478 e. The summed E-state index contributed by atoms with van der Waals surface area (Å²) in [5.41, 5.74) is 6.55. The molecule has 226 valence electrons. The Labute approximate surface area is 250 Å². The summed E-state index contributed by atoms with van der Waals surface area (Å²) >= 11 is 0. The molecule has 1 aromatic carbocycles. The van der Waals surface area contributed by atoms with Gasteiger partial charge in [-0.3, -0.25) is 9.59 Å². The molecule has 3 aromatic rings. The Balaban J connectivity index is 1.70. The number of ether oxygens (including phenoxy) is 1. The van der Waals surface area contributed by atoms with Gasteiger partial charge in [-0.1, -0.05) is 6.92 Å². The zero-order valence-corrected chi connectivity index (χ0v) is 26.3. The van der Waals surface area contributed by atoms with Gasteiger partial charge in [-0.15, -0.1) is 0 Å². The fourth-order valence-corrected chi connectivity index (χ4v) is 6.12. The van der Waals surface area contributed by atoms with E-state index in [1.165, 1.54) is 0 Å². The van der Waals surface area contributed by atoms with Gasteiger partial charge in [0, 0.05) is 65.5 Å². The molecule has 4 rings (SSSR count). The van der Waals surface area contributed by atoms with Crippen LogP contribution in [-0.2, 0) is 6.54 Å². The summed E-state index contributed by atoms with van der Waals surface area (Å²) in [6.07, 6.45) is 7.28. The van der Waals surface area contributed by atoms with E-state index in [9.17, 15) is 9.59 Å². The predicted octanol–water partition coefficient (Wildman–Crippen LogP) is 5.78. The molecule has 1 amide bonds. The van der Waals surface area contributed by atoms with Crippen LogP contribution in [0.4, 0.5) is 5.69 Å². The molecule has 0 radical (unpaired) electrons. The molecule has 0 saturated heterocycles. The van der Waals surface area contributed by atoms with E-state index in [1.54, 1.807) is 0 Å². The number of aromatic nitrogens is 2. The number of rotatable bonds is 11. The molecule has 1 saturated carbocycles. The minimum absolute atomic E-state index is 0.163. The number of carbonyl (C=O) groups is 1. The van der Waals surface area contributed by atoms with E-state index in [2.05, 4.69) is 59.1 Å². The molecule has 0 atom stereocenters. The average molecular weight is 574 g/mol. The van der Waals surface area contributed by atoms with Crippen molar-refractivity contribution in [2.75, 3.05) is 32.1 Å². The first kappa shape index (κ1) is 31.3. The lowest BCUT2D eigenvalue weighted by molar-refractivity contribution is 0.0950. The molecular weight excluding hydrogens is 526 g/mol. The molecular formula is C34H47N5O3. The van der Waals surface area contributed by atoms with E-state index >= 15 is 0 Å². The second-order valence-corrected chi connectivity index (χ2v) is 11.7. The van der Waals surface area contributed by atoms with Crippen LogP contribution < -0.4 is 20.5 Å². The predicted molar refractivity (Wildman–Crippen MR) is 171 cm³/mol. The lowest BCUT2D eigenvalue weighted by Gasteiger charge is -2.40. The molecule has 0 unspecified atom stereocenters. The van der Waals surface area contributed by atoms with E-state index < -0.39 is 0 Å². The molecule has 42 heavy (non-hydrogen) atoms. The fourth-order valence-electron chi connectivity index (χ4n) is 6.12. The van der Waals surface area contributed by atoms with Crippen LogP contribution in [-0.4, -0.2) is 60.1 Å². The van der Waals surface area contributed by atoms with Gasteiger partial charge in [0.15, 0.2) is 0 Å². The zero-order chi connectivity index (χ0) is 30.4. The fraction of sp³-hybridized carbons (Fsp3) is 0.500. The van der Waals surface area contributed by atoms with Crippen LogP contribution in [0.1, 0.15) is 78.7 Å². The summed E-state index contributed by atoms with van der Waals surface area (Å²) in [5.74, 6) is 0.399. The topological polar surface area (TPSA) is 90.6 Å². The number of hydrogen-bond donors (Lipinski definition) is 2. The van der Waals surface area contributed by atoms with Crippen molar-refractivity contribution < 1.29 is 9.53 Å². The van der Waals surface area contributed by atoms with E-state index in [0.29, 0.717) is 35.7 Å². The van der Waals surface area contributed by atoms with Crippen molar-refractivity contribution in [1.82, 2.24) is 20.2 Å². The van der Waals surface area contributed by atoms with Crippen LogP contribution in [0.2, 0.25) is 0 Å². The quantitative estimate of drug-likeness (QED) is 0.302. The van der Waals surface area contributed by atoms with Crippen molar-refractivity contribution in [3.05, 3.63) is 74.8 Å². The van der Waals surface area contributed by atoms with E-state index in [1.807, 2.05) is 51.2 Å². The van der Waals surface area contributed by atoms with Crippen LogP contribution in [0.5, 0.6) is 5.88 Å². The number of nitrogens with one attached hydrogen (secondary N) is 2. The van der Waals surface area contributed by atoms with Crippen molar-refractivity contribution in [2.45, 2.75) is 85.4 Å². The first-order valence-electron chi connectivity index (χ1n) is 15.3. The maximum Gasteiger partial charge on any atom is 0.253 e. The van der Waals surface area contributed by atoms with Gasteiger partial charge < -0.3 is 24.8 Å². The molecule has 2 N–H and O–H groups in total. The van der Waals surface area contributed by atoms with Crippen LogP contribution in [0, 0.1) is 20.8 Å². The Morgan fingerprint density at radius 2 is 1.74 bits per heavy atom. The second kappa shape index (κ2) is 14.0. The first-order chi connectivity index (χ1) is 20.1. The van der Waals surface area contributed by atoms with Gasteiger partial charge in [-0.25, -0.2) is 4.98 Å². The van der Waals surface area contributed by atoms with Crippen LogP contribution in [0.15, 0.2) is 41.3 Å². The molecule has 8 nitrogen and oxygen atoms in total. The number of hydrogen-bond acceptors (Lipinski definition) is 6. The van der Waals surface area contributed by atoms with Crippen LogP contribution in [0.3, 0.4) is 0 Å². The normalized spacial score (nSPS) is 16.9. The largest absolute Gasteiger partial charge is 0.478 e. The summed E-state index contributed by atoms with van der Waals surface area (Å²) < 4.78 is 5.70. The molecule has 2 aromatic heterocycles. The number of carbonyl (C=O) groups excluding carboxylic acids is 1. The van der Waals surface area contributed by atoms with Gasteiger partial charge in [0.2, 0.25) is 5.88 Å². The first-order valence-corrected chi connectivity index (χ1v) is 15.3. The van der Waals surface area contributed by atoms with Gasteiger partial charge in [0.05, 0.1) is 6.61 Å². The molecule has 1 aliphatic rings. The lowest BCUT2D eigenvalue weighted by atomic mass is 9.88. The smallest absolute Gasteiger partial charge is 0.253 e. The molecule has 2 heterocycles. The number of aryl methyl sites for hydroxylation is 2. The molecule has 1 aliphatic carbocycles. The van der Waals surface area contributed by atoms with Gasteiger partial charge in [0.1, 0.15) is 0 Å².